The molecule has 0 radical (unpaired) electrons. The molecule has 86 valence electrons. The number of thioether (sulfide) groups is 1. The van der Waals surface area contributed by atoms with Crippen LogP contribution in [-0.2, 0) is 4.79 Å². The largest absolute Gasteiger partial charge is 0.316 e. The Labute approximate surface area is 97.2 Å². The van der Waals surface area contributed by atoms with E-state index in [1.165, 1.54) is 12.2 Å². The van der Waals surface area contributed by atoms with E-state index in [4.69, 9.17) is 0 Å². The summed E-state index contributed by atoms with van der Waals surface area (Å²) in [5, 5.41) is 3.35. The molecule has 0 aromatic heterocycles. The molecule has 15 heavy (non-hydrogen) atoms. The lowest BCUT2D eigenvalue weighted by Crippen LogP contribution is -2.16. The molecule has 1 N–H and O–H groups in total. The fourth-order valence-electron chi connectivity index (χ4n) is 1.07. The third kappa shape index (κ3) is 13.5. The number of unbranched alkanes of at least 4 members (excludes halogenated alkanes) is 1. The van der Waals surface area contributed by atoms with E-state index in [1.54, 1.807) is 0 Å². The number of carbonyl (C=O) groups excluding carboxylic acids is 1. The van der Waals surface area contributed by atoms with Gasteiger partial charge in [0.15, 0.2) is 0 Å². The minimum Gasteiger partial charge on any atom is -0.316 e. The minimum absolute atomic E-state index is 0.707. The predicted octanol–water partition coefficient (Wildman–Crippen LogP) is 2.41. The number of hydrogen-bond acceptors (Lipinski definition) is 3. The molecule has 0 bridgehead atoms. The Morgan fingerprint density at radius 3 is 2.73 bits per heavy atom. The zero-order valence-electron chi connectivity index (χ0n) is 9.34. The molecule has 0 aromatic rings. The van der Waals surface area contributed by atoms with Crippen molar-refractivity contribution in [2.45, 2.75) is 25.7 Å². The van der Waals surface area contributed by atoms with Gasteiger partial charge in [0.05, 0.1) is 0 Å². The van der Waals surface area contributed by atoms with E-state index in [1.807, 2.05) is 17.8 Å². The maximum Gasteiger partial charge on any atom is 0.120 e. The standard InChI is InChI=1S/C12H21NOS/c1-2-3-4-8-13-9-7-12-15-11-6-5-10-14/h3,10,13H,1,4-9,11-12H2. The van der Waals surface area contributed by atoms with Crippen molar-refractivity contribution in [2.24, 2.45) is 0 Å². The van der Waals surface area contributed by atoms with Crippen molar-refractivity contribution >= 4 is 18.0 Å². The lowest BCUT2D eigenvalue weighted by Gasteiger charge is -2.02. The first-order valence-corrected chi connectivity index (χ1v) is 6.63. The number of nitrogens with one attached hydrogen (secondary N) is 1. The molecule has 0 atom stereocenters. The summed E-state index contributed by atoms with van der Waals surface area (Å²) in [5.41, 5.74) is 2.75. The van der Waals surface area contributed by atoms with Crippen molar-refractivity contribution in [3.8, 4) is 0 Å². The van der Waals surface area contributed by atoms with Gasteiger partial charge < -0.3 is 10.1 Å². The van der Waals surface area contributed by atoms with Crippen molar-refractivity contribution in [1.29, 1.82) is 0 Å². The molecule has 0 fully saturated rings. The molecule has 0 heterocycles. The van der Waals surface area contributed by atoms with Gasteiger partial charge in [0.1, 0.15) is 6.29 Å². The second-order valence-corrected chi connectivity index (χ2v) is 4.45. The molecule has 0 aromatic carbocycles. The van der Waals surface area contributed by atoms with E-state index in [-0.39, 0.29) is 0 Å². The van der Waals surface area contributed by atoms with Crippen LogP contribution in [0.25, 0.3) is 0 Å². The maximum absolute atomic E-state index is 10.0. The minimum atomic E-state index is 0.707. The SMILES string of the molecule is C=C=CCCNCCCSCCCC=O. The van der Waals surface area contributed by atoms with Crippen molar-refractivity contribution < 1.29 is 4.79 Å². The Kier molecular flexibility index (Phi) is 13.1. The van der Waals surface area contributed by atoms with Gasteiger partial charge in [-0.25, -0.2) is 0 Å². The molecule has 0 aliphatic heterocycles. The monoisotopic (exact) mass is 227 g/mol. The van der Waals surface area contributed by atoms with Gasteiger partial charge in [0.2, 0.25) is 0 Å². The number of aldehydes is 1. The third-order valence-electron chi connectivity index (χ3n) is 1.86. The van der Waals surface area contributed by atoms with Crippen molar-refractivity contribution in [3.63, 3.8) is 0 Å². The molecule has 0 aliphatic carbocycles. The molecule has 2 nitrogen and oxygen atoms in total. The van der Waals surface area contributed by atoms with E-state index >= 15 is 0 Å². The Bertz CT molecular complexity index is 188. The van der Waals surface area contributed by atoms with Gasteiger partial charge in [0.25, 0.3) is 0 Å². The van der Waals surface area contributed by atoms with Crippen LogP contribution in [0.1, 0.15) is 25.7 Å². The van der Waals surface area contributed by atoms with Crippen LogP contribution in [0.3, 0.4) is 0 Å². The summed E-state index contributed by atoms with van der Waals surface area (Å²) in [6.45, 7) is 5.59. The first-order valence-electron chi connectivity index (χ1n) is 5.48. The van der Waals surface area contributed by atoms with Gasteiger partial charge in [0, 0.05) is 6.42 Å². The summed E-state index contributed by atoms with van der Waals surface area (Å²) in [6, 6.07) is 0. The molecule has 0 unspecified atom stereocenters. The van der Waals surface area contributed by atoms with Crippen LogP contribution in [0.2, 0.25) is 0 Å². The quantitative estimate of drug-likeness (QED) is 0.334. The van der Waals surface area contributed by atoms with Gasteiger partial charge in [-0.2, -0.15) is 11.8 Å². The summed E-state index contributed by atoms with van der Waals surface area (Å²) < 4.78 is 0. The van der Waals surface area contributed by atoms with Gasteiger partial charge in [-0.1, -0.05) is 6.58 Å². The lowest BCUT2D eigenvalue weighted by atomic mass is 10.4. The molecule has 0 saturated heterocycles. The molecule has 0 rings (SSSR count). The molecular weight excluding hydrogens is 206 g/mol. The summed E-state index contributed by atoms with van der Waals surface area (Å²) in [5.74, 6) is 2.29. The highest BCUT2D eigenvalue weighted by molar-refractivity contribution is 7.99. The molecule has 0 spiro atoms. The van der Waals surface area contributed by atoms with Crippen LogP contribution in [0.5, 0.6) is 0 Å². The van der Waals surface area contributed by atoms with Crippen LogP contribution in [0, 0.1) is 0 Å². The third-order valence-corrected chi connectivity index (χ3v) is 3.02. The fraction of sp³-hybridized carbons (Fsp3) is 0.667. The van der Waals surface area contributed by atoms with Gasteiger partial charge in [-0.05, 0) is 49.9 Å². The van der Waals surface area contributed by atoms with E-state index in [0.29, 0.717) is 6.42 Å². The topological polar surface area (TPSA) is 29.1 Å². The Hall–Kier alpha value is -0.500. The summed E-state index contributed by atoms with van der Waals surface area (Å²) in [6.07, 6.45) is 6.88. The van der Waals surface area contributed by atoms with Crippen LogP contribution in [0.15, 0.2) is 18.4 Å². The van der Waals surface area contributed by atoms with Gasteiger partial charge in [-0.15, -0.1) is 5.73 Å². The van der Waals surface area contributed by atoms with Crippen molar-refractivity contribution in [1.82, 2.24) is 5.32 Å². The Morgan fingerprint density at radius 1 is 1.20 bits per heavy atom. The van der Waals surface area contributed by atoms with E-state index < -0.39 is 0 Å². The van der Waals surface area contributed by atoms with Crippen LogP contribution in [-0.4, -0.2) is 30.9 Å². The highest BCUT2D eigenvalue weighted by Crippen LogP contribution is 2.04. The van der Waals surface area contributed by atoms with Crippen molar-refractivity contribution in [3.05, 3.63) is 18.4 Å². The average molecular weight is 227 g/mol. The summed E-state index contributed by atoms with van der Waals surface area (Å²) >= 11 is 1.93. The average Bonchev–Trinajstić information content (AvgIpc) is 2.26. The molecule has 0 amide bonds. The first-order chi connectivity index (χ1) is 7.41. The smallest absolute Gasteiger partial charge is 0.120 e. The van der Waals surface area contributed by atoms with E-state index in [9.17, 15) is 4.79 Å². The van der Waals surface area contributed by atoms with Crippen LogP contribution < -0.4 is 5.32 Å². The second kappa shape index (κ2) is 13.5. The zero-order valence-corrected chi connectivity index (χ0v) is 10.2. The Morgan fingerprint density at radius 2 is 2.00 bits per heavy atom. The van der Waals surface area contributed by atoms with Gasteiger partial charge >= 0.3 is 0 Å². The van der Waals surface area contributed by atoms with Gasteiger partial charge in [-0.3, -0.25) is 0 Å². The fourth-order valence-corrected chi connectivity index (χ4v) is 1.99. The van der Waals surface area contributed by atoms with Crippen LogP contribution >= 0.6 is 11.8 Å². The van der Waals surface area contributed by atoms with Crippen molar-refractivity contribution in [2.75, 3.05) is 24.6 Å². The first kappa shape index (κ1) is 14.5. The predicted molar refractivity (Wildman–Crippen MR) is 68.4 cm³/mol. The lowest BCUT2D eigenvalue weighted by molar-refractivity contribution is -0.107. The maximum atomic E-state index is 10.0. The molecule has 3 heteroatoms. The summed E-state index contributed by atoms with van der Waals surface area (Å²) in [4.78, 5) is 10.0. The second-order valence-electron chi connectivity index (χ2n) is 3.22. The van der Waals surface area contributed by atoms with E-state index in [2.05, 4.69) is 17.6 Å². The molecular formula is C12H21NOS. The number of hydrogen-bond donors (Lipinski definition) is 1. The number of carbonyl (C=O) groups is 1. The van der Waals surface area contributed by atoms with Crippen LogP contribution in [0.4, 0.5) is 0 Å². The summed E-state index contributed by atoms with van der Waals surface area (Å²) in [7, 11) is 0. The number of rotatable bonds is 11. The highest BCUT2D eigenvalue weighted by atomic mass is 32.2. The zero-order chi connectivity index (χ0) is 11.2. The molecule has 0 saturated carbocycles. The Balaban J connectivity index is 2.92. The highest BCUT2D eigenvalue weighted by Gasteiger charge is 1.90. The van der Waals surface area contributed by atoms with E-state index in [0.717, 1.165) is 38.0 Å². The normalized spacial score (nSPS) is 9.60. The molecule has 0 aliphatic rings.